The predicted octanol–water partition coefficient (Wildman–Crippen LogP) is 1.25. The van der Waals surface area contributed by atoms with Crippen LogP contribution in [0.1, 0.15) is 30.0 Å². The minimum Gasteiger partial charge on any atom is -0.354 e. The number of hydrogen-bond acceptors (Lipinski definition) is 4. The highest BCUT2D eigenvalue weighted by molar-refractivity contribution is 7.09. The minimum absolute atomic E-state index is 0.0155. The Hall–Kier alpha value is -0.940. The van der Waals surface area contributed by atoms with E-state index in [4.69, 9.17) is 0 Å². The SMILES string of the molecule is Cc1csc(CCNC(=O)C2CCCCN2)n1. The number of aryl methyl sites for hydroxylation is 1. The van der Waals surface area contributed by atoms with Crippen molar-refractivity contribution in [1.29, 1.82) is 0 Å². The molecule has 1 fully saturated rings. The number of rotatable bonds is 4. The van der Waals surface area contributed by atoms with Crippen LogP contribution < -0.4 is 10.6 Å². The molecule has 0 radical (unpaired) electrons. The van der Waals surface area contributed by atoms with Gasteiger partial charge < -0.3 is 10.6 Å². The van der Waals surface area contributed by atoms with Crippen LogP contribution in [-0.2, 0) is 11.2 Å². The maximum atomic E-state index is 11.8. The Morgan fingerprint density at radius 2 is 2.53 bits per heavy atom. The van der Waals surface area contributed by atoms with Crippen molar-refractivity contribution in [2.24, 2.45) is 0 Å². The third-order valence-electron chi connectivity index (χ3n) is 2.93. The first-order valence-electron chi connectivity index (χ1n) is 6.18. The molecule has 17 heavy (non-hydrogen) atoms. The molecular weight excluding hydrogens is 234 g/mol. The second kappa shape index (κ2) is 6.12. The third kappa shape index (κ3) is 3.78. The monoisotopic (exact) mass is 253 g/mol. The van der Waals surface area contributed by atoms with E-state index in [9.17, 15) is 4.79 Å². The van der Waals surface area contributed by atoms with Gasteiger partial charge in [0.2, 0.25) is 5.91 Å². The summed E-state index contributed by atoms with van der Waals surface area (Å²) in [5.41, 5.74) is 1.06. The molecule has 1 aliphatic rings. The van der Waals surface area contributed by atoms with Crippen molar-refractivity contribution in [3.05, 3.63) is 16.1 Å². The quantitative estimate of drug-likeness (QED) is 0.849. The Morgan fingerprint density at radius 3 is 3.18 bits per heavy atom. The van der Waals surface area contributed by atoms with Crippen LogP contribution in [-0.4, -0.2) is 30.0 Å². The number of aromatic nitrogens is 1. The number of hydrogen-bond donors (Lipinski definition) is 2. The van der Waals surface area contributed by atoms with Crippen LogP contribution >= 0.6 is 11.3 Å². The molecule has 1 aromatic heterocycles. The van der Waals surface area contributed by atoms with Gasteiger partial charge in [0.15, 0.2) is 0 Å². The standard InChI is InChI=1S/C12H19N3OS/c1-9-8-17-11(15-9)5-7-14-12(16)10-4-2-3-6-13-10/h8,10,13H,2-7H2,1H3,(H,14,16). The van der Waals surface area contributed by atoms with E-state index in [1.807, 2.05) is 12.3 Å². The fourth-order valence-corrected chi connectivity index (χ4v) is 2.78. The summed E-state index contributed by atoms with van der Waals surface area (Å²) < 4.78 is 0. The first-order valence-corrected chi connectivity index (χ1v) is 7.06. The highest BCUT2D eigenvalue weighted by Crippen LogP contribution is 2.09. The topological polar surface area (TPSA) is 54.0 Å². The van der Waals surface area contributed by atoms with Gasteiger partial charge in [-0.15, -0.1) is 11.3 Å². The van der Waals surface area contributed by atoms with Gasteiger partial charge in [0.25, 0.3) is 0 Å². The zero-order valence-corrected chi connectivity index (χ0v) is 11.0. The molecule has 1 unspecified atom stereocenters. The zero-order valence-electron chi connectivity index (χ0n) is 10.2. The molecule has 5 heteroatoms. The molecular formula is C12H19N3OS. The van der Waals surface area contributed by atoms with Crippen LogP contribution in [0, 0.1) is 6.92 Å². The summed E-state index contributed by atoms with van der Waals surface area (Å²) >= 11 is 1.66. The lowest BCUT2D eigenvalue weighted by molar-refractivity contribution is -0.123. The average molecular weight is 253 g/mol. The van der Waals surface area contributed by atoms with E-state index in [2.05, 4.69) is 15.6 Å². The molecule has 0 aromatic carbocycles. The van der Waals surface area contributed by atoms with E-state index in [-0.39, 0.29) is 11.9 Å². The van der Waals surface area contributed by atoms with E-state index in [1.54, 1.807) is 11.3 Å². The Morgan fingerprint density at radius 1 is 1.65 bits per heavy atom. The average Bonchev–Trinajstić information content (AvgIpc) is 2.76. The normalized spacial score (nSPS) is 20.2. The van der Waals surface area contributed by atoms with Crippen molar-refractivity contribution in [2.45, 2.75) is 38.6 Å². The number of carbonyl (C=O) groups is 1. The van der Waals surface area contributed by atoms with Gasteiger partial charge in [-0.1, -0.05) is 6.42 Å². The lowest BCUT2D eigenvalue weighted by atomic mass is 10.0. The molecule has 0 bridgehead atoms. The molecule has 2 rings (SSSR count). The molecule has 0 aliphatic carbocycles. The largest absolute Gasteiger partial charge is 0.354 e. The second-order valence-electron chi connectivity index (χ2n) is 4.43. The van der Waals surface area contributed by atoms with Crippen molar-refractivity contribution in [2.75, 3.05) is 13.1 Å². The number of carbonyl (C=O) groups excluding carboxylic acids is 1. The summed E-state index contributed by atoms with van der Waals surface area (Å²) in [5, 5.41) is 9.36. The van der Waals surface area contributed by atoms with Gasteiger partial charge in [-0.3, -0.25) is 4.79 Å². The van der Waals surface area contributed by atoms with Crippen molar-refractivity contribution in [1.82, 2.24) is 15.6 Å². The highest BCUT2D eigenvalue weighted by Gasteiger charge is 2.19. The molecule has 4 nitrogen and oxygen atoms in total. The second-order valence-corrected chi connectivity index (χ2v) is 5.37. The molecule has 1 aliphatic heterocycles. The summed E-state index contributed by atoms with van der Waals surface area (Å²) in [7, 11) is 0. The van der Waals surface area contributed by atoms with Gasteiger partial charge >= 0.3 is 0 Å². The van der Waals surface area contributed by atoms with E-state index in [0.29, 0.717) is 6.54 Å². The summed E-state index contributed by atoms with van der Waals surface area (Å²) in [5.74, 6) is 0.137. The van der Waals surface area contributed by atoms with Gasteiger partial charge in [0.1, 0.15) is 0 Å². The van der Waals surface area contributed by atoms with Gasteiger partial charge in [-0.25, -0.2) is 4.98 Å². The molecule has 1 saturated heterocycles. The van der Waals surface area contributed by atoms with Crippen molar-refractivity contribution < 1.29 is 4.79 Å². The van der Waals surface area contributed by atoms with Gasteiger partial charge in [0, 0.05) is 24.0 Å². The molecule has 1 atom stereocenters. The molecule has 0 saturated carbocycles. The maximum absolute atomic E-state index is 11.8. The van der Waals surface area contributed by atoms with E-state index in [1.165, 1.54) is 6.42 Å². The smallest absolute Gasteiger partial charge is 0.237 e. The van der Waals surface area contributed by atoms with Crippen molar-refractivity contribution in [3.63, 3.8) is 0 Å². The fourth-order valence-electron chi connectivity index (χ4n) is 2.01. The fraction of sp³-hybridized carbons (Fsp3) is 0.667. The number of thiazole rings is 1. The Bertz CT molecular complexity index is 372. The zero-order chi connectivity index (χ0) is 12.1. The van der Waals surface area contributed by atoms with Crippen LogP contribution in [0.4, 0.5) is 0 Å². The first-order chi connectivity index (χ1) is 8.25. The lowest BCUT2D eigenvalue weighted by Crippen LogP contribution is -2.47. The predicted molar refractivity (Wildman–Crippen MR) is 69.2 cm³/mol. The minimum atomic E-state index is 0.0155. The summed E-state index contributed by atoms with van der Waals surface area (Å²) in [6.45, 7) is 3.64. The van der Waals surface area contributed by atoms with Crippen LogP contribution in [0.5, 0.6) is 0 Å². The summed E-state index contributed by atoms with van der Waals surface area (Å²) in [4.78, 5) is 16.2. The third-order valence-corrected chi connectivity index (χ3v) is 3.96. The van der Waals surface area contributed by atoms with Crippen LogP contribution in [0.15, 0.2) is 5.38 Å². The van der Waals surface area contributed by atoms with E-state index in [0.717, 1.165) is 36.5 Å². The molecule has 2 heterocycles. The lowest BCUT2D eigenvalue weighted by Gasteiger charge is -2.22. The summed E-state index contributed by atoms with van der Waals surface area (Å²) in [6.07, 6.45) is 4.12. The molecule has 94 valence electrons. The summed E-state index contributed by atoms with van der Waals surface area (Å²) in [6, 6.07) is 0.0155. The Labute approximate surface area is 106 Å². The Kier molecular flexibility index (Phi) is 4.50. The maximum Gasteiger partial charge on any atom is 0.237 e. The van der Waals surface area contributed by atoms with Crippen LogP contribution in [0.25, 0.3) is 0 Å². The van der Waals surface area contributed by atoms with Gasteiger partial charge in [-0.2, -0.15) is 0 Å². The molecule has 2 N–H and O–H groups in total. The van der Waals surface area contributed by atoms with Crippen LogP contribution in [0.3, 0.4) is 0 Å². The number of nitrogens with one attached hydrogen (secondary N) is 2. The Balaban J connectivity index is 1.69. The van der Waals surface area contributed by atoms with Gasteiger partial charge in [0.05, 0.1) is 11.0 Å². The molecule has 1 amide bonds. The molecule has 0 spiro atoms. The number of nitrogens with zero attached hydrogens (tertiary/aromatic N) is 1. The number of amides is 1. The van der Waals surface area contributed by atoms with Crippen molar-refractivity contribution >= 4 is 17.2 Å². The van der Waals surface area contributed by atoms with Gasteiger partial charge in [-0.05, 0) is 26.3 Å². The van der Waals surface area contributed by atoms with E-state index < -0.39 is 0 Å². The van der Waals surface area contributed by atoms with Crippen LogP contribution in [0.2, 0.25) is 0 Å². The molecule has 1 aromatic rings. The van der Waals surface area contributed by atoms with Crippen molar-refractivity contribution in [3.8, 4) is 0 Å². The highest BCUT2D eigenvalue weighted by atomic mass is 32.1. The van der Waals surface area contributed by atoms with E-state index >= 15 is 0 Å². The number of piperidine rings is 1. The first kappa shape index (κ1) is 12.5.